The Morgan fingerprint density at radius 2 is 1.64 bits per heavy atom. The quantitative estimate of drug-likeness (QED) is 0.631. The fourth-order valence-electron chi connectivity index (χ4n) is 5.68. The van der Waals surface area contributed by atoms with E-state index in [1.54, 1.807) is 6.07 Å². The molecular formula is C27H33ClFN3O. The molecule has 2 aliphatic heterocycles. The molecule has 0 bridgehead atoms. The predicted octanol–water partition coefficient (Wildman–Crippen LogP) is 4.98. The van der Waals surface area contributed by atoms with Crippen LogP contribution in [0.25, 0.3) is 11.1 Å². The molecule has 1 saturated heterocycles. The first-order valence-corrected chi connectivity index (χ1v) is 12.8. The predicted molar refractivity (Wildman–Crippen MR) is 131 cm³/mol. The molecule has 2 heterocycles. The van der Waals surface area contributed by atoms with Crippen molar-refractivity contribution < 1.29 is 9.18 Å². The first-order chi connectivity index (χ1) is 16.1. The summed E-state index contributed by atoms with van der Waals surface area (Å²) in [5, 5.41) is 0.146. The molecule has 2 aromatic carbocycles. The van der Waals surface area contributed by atoms with Crippen molar-refractivity contribution in [2.45, 2.75) is 51.1 Å². The van der Waals surface area contributed by atoms with E-state index in [0.717, 1.165) is 62.9 Å². The zero-order chi connectivity index (χ0) is 22.8. The number of benzene rings is 2. The van der Waals surface area contributed by atoms with E-state index in [4.69, 9.17) is 11.6 Å². The molecule has 0 spiro atoms. The SMILES string of the molecule is O=C(CN1CCc2cc(-c3ccc(Cl)c(F)c3)ccc2C1)N1CCN(C2CCCCC2)CC1. The van der Waals surface area contributed by atoms with E-state index in [0.29, 0.717) is 6.54 Å². The highest BCUT2D eigenvalue weighted by Gasteiger charge is 2.28. The van der Waals surface area contributed by atoms with Gasteiger partial charge in [-0.15, -0.1) is 0 Å². The van der Waals surface area contributed by atoms with E-state index in [9.17, 15) is 9.18 Å². The Morgan fingerprint density at radius 1 is 0.909 bits per heavy atom. The minimum absolute atomic E-state index is 0.146. The average molecular weight is 470 g/mol. The van der Waals surface area contributed by atoms with Gasteiger partial charge in [-0.1, -0.05) is 55.1 Å². The van der Waals surface area contributed by atoms with Crippen molar-refractivity contribution in [2.24, 2.45) is 0 Å². The molecule has 4 nitrogen and oxygen atoms in total. The molecule has 176 valence electrons. The molecule has 0 aromatic heterocycles. The summed E-state index contributed by atoms with van der Waals surface area (Å²) >= 11 is 5.83. The number of hydrogen-bond donors (Lipinski definition) is 0. The number of fused-ring (bicyclic) bond motifs is 1. The monoisotopic (exact) mass is 469 g/mol. The maximum Gasteiger partial charge on any atom is 0.236 e. The maximum absolute atomic E-state index is 13.9. The van der Waals surface area contributed by atoms with Crippen molar-refractivity contribution in [2.75, 3.05) is 39.3 Å². The van der Waals surface area contributed by atoms with Crippen LogP contribution in [0.5, 0.6) is 0 Å². The summed E-state index contributed by atoms with van der Waals surface area (Å²) in [4.78, 5) is 19.9. The number of nitrogens with zero attached hydrogens (tertiary/aromatic N) is 3. The molecule has 2 aromatic rings. The van der Waals surface area contributed by atoms with Gasteiger partial charge in [0.2, 0.25) is 5.91 Å². The second-order valence-electron chi connectivity index (χ2n) is 9.78. The van der Waals surface area contributed by atoms with Gasteiger partial charge < -0.3 is 4.90 Å². The minimum Gasteiger partial charge on any atom is -0.339 e. The smallest absolute Gasteiger partial charge is 0.236 e. The first kappa shape index (κ1) is 22.8. The summed E-state index contributed by atoms with van der Waals surface area (Å²) < 4.78 is 13.9. The summed E-state index contributed by atoms with van der Waals surface area (Å²) in [6, 6.07) is 12.0. The number of hydrogen-bond acceptors (Lipinski definition) is 3. The fourth-order valence-corrected chi connectivity index (χ4v) is 5.79. The largest absolute Gasteiger partial charge is 0.339 e. The zero-order valence-electron chi connectivity index (χ0n) is 19.2. The summed E-state index contributed by atoms with van der Waals surface area (Å²) in [6.07, 6.45) is 7.67. The average Bonchev–Trinajstić information content (AvgIpc) is 2.86. The van der Waals surface area contributed by atoms with Gasteiger partial charge in [0.1, 0.15) is 5.82 Å². The van der Waals surface area contributed by atoms with Crippen molar-refractivity contribution in [1.82, 2.24) is 14.7 Å². The number of rotatable bonds is 4. The molecule has 0 atom stereocenters. The lowest BCUT2D eigenvalue weighted by molar-refractivity contribution is -0.134. The van der Waals surface area contributed by atoms with Gasteiger partial charge in [0, 0.05) is 45.3 Å². The number of halogens is 2. The van der Waals surface area contributed by atoms with Crippen LogP contribution in [0.2, 0.25) is 5.02 Å². The third-order valence-electron chi connectivity index (χ3n) is 7.67. The van der Waals surface area contributed by atoms with E-state index >= 15 is 0 Å². The van der Waals surface area contributed by atoms with Gasteiger partial charge in [-0.3, -0.25) is 14.6 Å². The van der Waals surface area contributed by atoms with E-state index in [2.05, 4.69) is 26.8 Å². The third-order valence-corrected chi connectivity index (χ3v) is 7.97. The van der Waals surface area contributed by atoms with Crippen molar-refractivity contribution in [3.63, 3.8) is 0 Å². The Morgan fingerprint density at radius 3 is 2.39 bits per heavy atom. The van der Waals surface area contributed by atoms with Crippen LogP contribution in [-0.4, -0.2) is 65.9 Å². The molecule has 0 unspecified atom stereocenters. The lowest BCUT2D eigenvalue weighted by Crippen LogP contribution is -2.54. The summed E-state index contributed by atoms with van der Waals surface area (Å²) in [7, 11) is 0. The molecule has 0 N–H and O–H groups in total. The van der Waals surface area contributed by atoms with Crippen LogP contribution >= 0.6 is 11.6 Å². The van der Waals surface area contributed by atoms with Gasteiger partial charge >= 0.3 is 0 Å². The first-order valence-electron chi connectivity index (χ1n) is 12.4. The van der Waals surface area contributed by atoms with Crippen LogP contribution in [0, 0.1) is 5.82 Å². The standard InChI is InChI=1S/C27H33ClFN3O/c28-25-9-8-21(17-26(25)29)20-6-7-23-18-30(11-10-22(23)16-20)19-27(33)32-14-12-31(13-15-32)24-4-2-1-3-5-24/h6-9,16-17,24H,1-5,10-15,18-19H2. The zero-order valence-corrected chi connectivity index (χ0v) is 20.0. The molecule has 33 heavy (non-hydrogen) atoms. The molecule has 1 saturated carbocycles. The number of amides is 1. The van der Waals surface area contributed by atoms with Crippen LogP contribution < -0.4 is 0 Å². The van der Waals surface area contributed by atoms with Crippen LogP contribution in [0.4, 0.5) is 4.39 Å². The molecule has 5 rings (SSSR count). The summed E-state index contributed by atoms with van der Waals surface area (Å²) in [5.41, 5.74) is 4.39. The van der Waals surface area contributed by atoms with Gasteiger partial charge in [-0.05, 0) is 53.6 Å². The van der Waals surface area contributed by atoms with Crippen LogP contribution in [0.3, 0.4) is 0 Å². The Labute approximate surface area is 201 Å². The van der Waals surface area contributed by atoms with Gasteiger partial charge in [0.25, 0.3) is 0 Å². The normalized spacial score (nSPS) is 20.6. The topological polar surface area (TPSA) is 26.8 Å². The van der Waals surface area contributed by atoms with Gasteiger partial charge in [-0.25, -0.2) is 4.39 Å². The minimum atomic E-state index is -0.392. The van der Waals surface area contributed by atoms with Crippen molar-refractivity contribution >= 4 is 17.5 Å². The highest BCUT2D eigenvalue weighted by atomic mass is 35.5. The molecular weight excluding hydrogens is 437 g/mol. The lowest BCUT2D eigenvalue weighted by atomic mass is 9.94. The van der Waals surface area contributed by atoms with Gasteiger partial charge in [0.05, 0.1) is 11.6 Å². The number of piperazine rings is 1. The number of carbonyl (C=O) groups excluding carboxylic acids is 1. The molecule has 2 fully saturated rings. The number of carbonyl (C=O) groups is 1. The second-order valence-corrected chi connectivity index (χ2v) is 10.2. The molecule has 1 aliphatic carbocycles. The Bertz CT molecular complexity index is 999. The molecule has 1 amide bonds. The van der Waals surface area contributed by atoms with E-state index in [-0.39, 0.29) is 10.9 Å². The Kier molecular flexibility index (Phi) is 7.00. The fraction of sp³-hybridized carbons (Fsp3) is 0.519. The highest BCUT2D eigenvalue weighted by Crippen LogP contribution is 2.29. The van der Waals surface area contributed by atoms with Crippen molar-refractivity contribution in [1.29, 1.82) is 0 Å². The van der Waals surface area contributed by atoms with E-state index in [1.807, 2.05) is 12.1 Å². The highest BCUT2D eigenvalue weighted by molar-refractivity contribution is 6.30. The van der Waals surface area contributed by atoms with Gasteiger partial charge in [-0.2, -0.15) is 0 Å². The van der Waals surface area contributed by atoms with Crippen molar-refractivity contribution in [3.05, 3.63) is 58.4 Å². The van der Waals surface area contributed by atoms with Gasteiger partial charge in [0.15, 0.2) is 0 Å². The lowest BCUT2D eigenvalue weighted by Gasteiger charge is -2.41. The summed E-state index contributed by atoms with van der Waals surface area (Å²) in [6.45, 7) is 5.92. The molecule has 3 aliphatic rings. The van der Waals surface area contributed by atoms with E-state index < -0.39 is 5.82 Å². The molecule has 6 heteroatoms. The van der Waals surface area contributed by atoms with Crippen LogP contribution in [0.1, 0.15) is 43.2 Å². The third kappa shape index (κ3) is 5.26. The van der Waals surface area contributed by atoms with Crippen LogP contribution in [-0.2, 0) is 17.8 Å². The van der Waals surface area contributed by atoms with Crippen molar-refractivity contribution in [3.8, 4) is 11.1 Å². The van der Waals surface area contributed by atoms with Crippen LogP contribution in [0.15, 0.2) is 36.4 Å². The second kappa shape index (κ2) is 10.1. The maximum atomic E-state index is 13.9. The molecule has 0 radical (unpaired) electrons. The Balaban J connectivity index is 1.15. The Hall–Kier alpha value is -1.95. The summed E-state index contributed by atoms with van der Waals surface area (Å²) in [5.74, 6) is -0.133. The van der Waals surface area contributed by atoms with E-state index in [1.165, 1.54) is 49.3 Å².